The third kappa shape index (κ3) is 4.68. The number of ketones is 1. The number of piperidine rings is 1. The fourth-order valence-corrected chi connectivity index (χ4v) is 3.74. The first-order valence-corrected chi connectivity index (χ1v) is 9.60. The fourth-order valence-electron chi connectivity index (χ4n) is 3.74. The van der Waals surface area contributed by atoms with E-state index < -0.39 is 24.1 Å². The van der Waals surface area contributed by atoms with Crippen molar-refractivity contribution < 1.29 is 24.3 Å². The van der Waals surface area contributed by atoms with E-state index in [4.69, 9.17) is 0 Å². The number of carbonyl (C=O) groups is 4. The lowest BCUT2D eigenvalue weighted by Crippen LogP contribution is -2.55. The molecular formula is C20H25N3O5. The first-order valence-electron chi connectivity index (χ1n) is 9.60. The van der Waals surface area contributed by atoms with Crippen molar-refractivity contribution in [3.05, 3.63) is 35.9 Å². The molecule has 8 heteroatoms. The number of nitrogens with zero attached hydrogens (tertiary/aromatic N) is 2. The van der Waals surface area contributed by atoms with E-state index in [2.05, 4.69) is 5.32 Å². The van der Waals surface area contributed by atoms with E-state index in [1.807, 2.05) is 30.3 Å². The zero-order valence-electron chi connectivity index (χ0n) is 15.7. The molecule has 2 aliphatic rings. The maximum atomic E-state index is 13.1. The summed E-state index contributed by atoms with van der Waals surface area (Å²) >= 11 is 0. The van der Waals surface area contributed by atoms with Crippen LogP contribution < -0.4 is 5.32 Å². The van der Waals surface area contributed by atoms with Crippen molar-refractivity contribution in [2.75, 3.05) is 19.6 Å². The van der Waals surface area contributed by atoms with Crippen molar-refractivity contribution in [1.82, 2.24) is 15.1 Å². The second-order valence-electron chi connectivity index (χ2n) is 7.25. The minimum Gasteiger partial charge on any atom is -0.480 e. The Bertz CT molecular complexity index is 741. The minimum atomic E-state index is -1.02. The van der Waals surface area contributed by atoms with E-state index >= 15 is 0 Å². The van der Waals surface area contributed by atoms with Gasteiger partial charge in [-0.2, -0.15) is 0 Å². The Morgan fingerprint density at radius 3 is 2.43 bits per heavy atom. The number of likely N-dealkylation sites (tertiary alicyclic amines) is 2. The zero-order chi connectivity index (χ0) is 20.1. The number of urea groups is 1. The summed E-state index contributed by atoms with van der Waals surface area (Å²) in [6.45, 7) is 1.03. The molecule has 0 bridgehead atoms. The molecule has 0 saturated carbocycles. The van der Waals surface area contributed by atoms with Crippen molar-refractivity contribution in [2.24, 2.45) is 0 Å². The van der Waals surface area contributed by atoms with Gasteiger partial charge in [-0.15, -0.1) is 0 Å². The molecular weight excluding hydrogens is 362 g/mol. The number of carboxylic acids is 1. The molecule has 1 aromatic rings. The van der Waals surface area contributed by atoms with Crippen LogP contribution in [0.5, 0.6) is 0 Å². The Hall–Kier alpha value is -2.90. The standard InChI is InChI=1S/C20H25N3O5/c24-15-8-11-22(12-9-15)20(28)21-16(13-14-5-2-1-3-6-14)18(25)23-10-4-7-17(23)19(26)27/h1-3,5-6,16-17H,4,7-13H2,(H,21,28)(H,26,27)/t16-,17-/m0/s1. The Morgan fingerprint density at radius 1 is 1.11 bits per heavy atom. The minimum absolute atomic E-state index is 0.127. The van der Waals surface area contributed by atoms with E-state index in [-0.39, 0.29) is 18.1 Å². The van der Waals surface area contributed by atoms with Gasteiger partial charge in [-0.3, -0.25) is 9.59 Å². The number of carboxylic acid groups (broad SMARTS) is 1. The molecule has 2 saturated heterocycles. The van der Waals surface area contributed by atoms with Gasteiger partial charge < -0.3 is 20.2 Å². The highest BCUT2D eigenvalue weighted by Gasteiger charge is 2.38. The van der Waals surface area contributed by atoms with Gasteiger partial charge in [0, 0.05) is 38.9 Å². The monoisotopic (exact) mass is 387 g/mol. The number of carbonyl (C=O) groups excluding carboxylic acids is 3. The molecule has 2 heterocycles. The third-order valence-corrected chi connectivity index (χ3v) is 5.31. The van der Waals surface area contributed by atoms with Gasteiger partial charge in [0.15, 0.2) is 0 Å². The molecule has 2 aliphatic heterocycles. The van der Waals surface area contributed by atoms with Gasteiger partial charge in [-0.1, -0.05) is 30.3 Å². The SMILES string of the molecule is O=C1CCN(C(=O)N[C@@H](Cc2ccccc2)C(=O)N2CCC[C@H]2C(=O)O)CC1. The first kappa shape index (κ1) is 19.9. The maximum Gasteiger partial charge on any atom is 0.326 e. The van der Waals surface area contributed by atoms with Gasteiger partial charge >= 0.3 is 12.0 Å². The lowest BCUT2D eigenvalue weighted by atomic mass is 10.0. The maximum absolute atomic E-state index is 13.1. The van der Waals surface area contributed by atoms with E-state index in [1.165, 1.54) is 9.80 Å². The van der Waals surface area contributed by atoms with Gasteiger partial charge in [0.25, 0.3) is 0 Å². The average Bonchev–Trinajstić information content (AvgIpc) is 3.18. The highest BCUT2D eigenvalue weighted by Crippen LogP contribution is 2.20. The van der Waals surface area contributed by atoms with Crippen LogP contribution in [0.25, 0.3) is 0 Å². The van der Waals surface area contributed by atoms with E-state index in [0.29, 0.717) is 45.3 Å². The molecule has 0 aliphatic carbocycles. The van der Waals surface area contributed by atoms with E-state index in [9.17, 15) is 24.3 Å². The smallest absolute Gasteiger partial charge is 0.326 e. The molecule has 1 aromatic carbocycles. The zero-order valence-corrected chi connectivity index (χ0v) is 15.7. The summed E-state index contributed by atoms with van der Waals surface area (Å²) in [4.78, 5) is 51.5. The summed E-state index contributed by atoms with van der Waals surface area (Å²) in [5.41, 5.74) is 0.876. The molecule has 0 radical (unpaired) electrons. The van der Waals surface area contributed by atoms with Crippen LogP contribution in [0.15, 0.2) is 30.3 Å². The molecule has 2 N–H and O–H groups in total. The Morgan fingerprint density at radius 2 is 1.79 bits per heavy atom. The van der Waals surface area contributed by atoms with Crippen molar-refractivity contribution >= 4 is 23.7 Å². The molecule has 0 spiro atoms. The molecule has 2 atom stereocenters. The number of nitrogens with one attached hydrogen (secondary N) is 1. The quantitative estimate of drug-likeness (QED) is 0.785. The Kier molecular flexibility index (Phi) is 6.28. The Balaban J connectivity index is 1.74. The predicted molar refractivity (Wildman–Crippen MR) is 101 cm³/mol. The lowest BCUT2D eigenvalue weighted by Gasteiger charge is -2.31. The molecule has 3 rings (SSSR count). The second-order valence-corrected chi connectivity index (χ2v) is 7.25. The summed E-state index contributed by atoms with van der Waals surface area (Å²) < 4.78 is 0. The topological polar surface area (TPSA) is 107 Å². The highest BCUT2D eigenvalue weighted by atomic mass is 16.4. The molecule has 2 fully saturated rings. The van der Waals surface area contributed by atoms with Crippen LogP contribution in [0.4, 0.5) is 4.79 Å². The van der Waals surface area contributed by atoms with Gasteiger partial charge in [-0.05, 0) is 18.4 Å². The van der Waals surface area contributed by atoms with Crippen LogP contribution in [-0.2, 0) is 20.8 Å². The van der Waals surface area contributed by atoms with E-state index in [0.717, 1.165) is 5.56 Å². The third-order valence-electron chi connectivity index (χ3n) is 5.31. The number of rotatable bonds is 5. The van der Waals surface area contributed by atoms with Crippen LogP contribution in [-0.4, -0.2) is 70.3 Å². The number of hydrogen-bond acceptors (Lipinski definition) is 4. The van der Waals surface area contributed by atoms with Crippen LogP contribution in [0.3, 0.4) is 0 Å². The molecule has 0 aromatic heterocycles. The summed E-state index contributed by atoms with van der Waals surface area (Å²) in [6, 6.07) is 7.20. The predicted octanol–water partition coefficient (Wildman–Crippen LogP) is 1.05. The number of Topliss-reactive ketones (excluding diaryl/α,β-unsaturated/α-hetero) is 1. The second kappa shape index (κ2) is 8.86. The first-order chi connectivity index (χ1) is 13.5. The summed E-state index contributed by atoms with van der Waals surface area (Å²) in [5, 5.41) is 12.2. The van der Waals surface area contributed by atoms with Crippen LogP contribution >= 0.6 is 0 Å². The van der Waals surface area contributed by atoms with Gasteiger partial charge in [0.05, 0.1) is 0 Å². The van der Waals surface area contributed by atoms with Crippen molar-refractivity contribution in [1.29, 1.82) is 0 Å². The largest absolute Gasteiger partial charge is 0.480 e. The summed E-state index contributed by atoms with van der Waals surface area (Å²) in [7, 11) is 0. The average molecular weight is 387 g/mol. The summed E-state index contributed by atoms with van der Waals surface area (Å²) in [6.07, 6.45) is 1.96. The molecule has 150 valence electrons. The number of aliphatic carboxylic acids is 1. The highest BCUT2D eigenvalue weighted by molar-refractivity contribution is 5.91. The lowest BCUT2D eigenvalue weighted by molar-refractivity contribution is -0.148. The van der Waals surface area contributed by atoms with Crippen molar-refractivity contribution in [2.45, 2.75) is 44.2 Å². The molecule has 0 unspecified atom stereocenters. The van der Waals surface area contributed by atoms with Crippen LogP contribution in [0.1, 0.15) is 31.2 Å². The fraction of sp³-hybridized carbons (Fsp3) is 0.500. The molecule has 8 nitrogen and oxygen atoms in total. The number of amides is 3. The van der Waals surface area contributed by atoms with Gasteiger partial charge in [0.1, 0.15) is 17.9 Å². The number of hydrogen-bond donors (Lipinski definition) is 2. The van der Waals surface area contributed by atoms with Crippen LogP contribution in [0, 0.1) is 0 Å². The number of benzene rings is 1. The van der Waals surface area contributed by atoms with Gasteiger partial charge in [0.2, 0.25) is 5.91 Å². The summed E-state index contributed by atoms with van der Waals surface area (Å²) in [5.74, 6) is -1.28. The Labute approximate surface area is 163 Å². The van der Waals surface area contributed by atoms with Crippen LogP contribution in [0.2, 0.25) is 0 Å². The normalized spacial score (nSPS) is 20.7. The molecule has 28 heavy (non-hydrogen) atoms. The molecule has 3 amide bonds. The van der Waals surface area contributed by atoms with Crippen molar-refractivity contribution in [3.8, 4) is 0 Å². The van der Waals surface area contributed by atoms with E-state index in [1.54, 1.807) is 0 Å². The van der Waals surface area contributed by atoms with Gasteiger partial charge in [-0.25, -0.2) is 9.59 Å². The van der Waals surface area contributed by atoms with Crippen molar-refractivity contribution in [3.63, 3.8) is 0 Å².